The summed E-state index contributed by atoms with van der Waals surface area (Å²) in [7, 11) is -3.56. The highest BCUT2D eigenvalue weighted by Gasteiger charge is 2.11. The Kier molecular flexibility index (Phi) is 4.50. The maximum atomic E-state index is 11.6. The quantitative estimate of drug-likeness (QED) is 0.747. The topological polar surface area (TPSA) is 78.4 Å². The van der Waals surface area contributed by atoms with Crippen molar-refractivity contribution in [3.05, 3.63) is 29.8 Å². The number of hydrogen-bond donors (Lipinski definition) is 3. The van der Waals surface area contributed by atoms with E-state index in [1.165, 1.54) is 0 Å². The van der Waals surface area contributed by atoms with Crippen LogP contribution >= 0.6 is 0 Å². The maximum absolute atomic E-state index is 11.6. The molecule has 0 bridgehead atoms. The lowest BCUT2D eigenvalue weighted by Crippen LogP contribution is -2.35. The third-order valence-electron chi connectivity index (χ3n) is 2.01. The van der Waals surface area contributed by atoms with E-state index in [0.717, 1.165) is 0 Å². The highest BCUT2D eigenvalue weighted by Crippen LogP contribution is 2.17. The Balaban J connectivity index is 2.85. The van der Waals surface area contributed by atoms with Crippen molar-refractivity contribution in [2.75, 3.05) is 4.72 Å². The van der Waals surface area contributed by atoms with Crippen molar-refractivity contribution in [3.63, 3.8) is 0 Å². The Morgan fingerprint density at radius 3 is 2.41 bits per heavy atom. The smallest absolute Gasteiger partial charge is 0.299 e. The molecule has 0 spiro atoms. The first-order valence-corrected chi connectivity index (χ1v) is 6.86. The van der Waals surface area contributed by atoms with Gasteiger partial charge in [0.2, 0.25) is 0 Å². The highest BCUT2D eigenvalue weighted by atomic mass is 32.2. The van der Waals surface area contributed by atoms with Gasteiger partial charge in [-0.3, -0.25) is 4.72 Å². The summed E-state index contributed by atoms with van der Waals surface area (Å²) in [6, 6.07) is 6.48. The number of nitrogens with one attached hydrogen (secondary N) is 2. The van der Waals surface area contributed by atoms with Gasteiger partial charge in [-0.1, -0.05) is 12.1 Å². The summed E-state index contributed by atoms with van der Waals surface area (Å²) in [4.78, 5) is 0. The van der Waals surface area contributed by atoms with Crippen LogP contribution in [0.2, 0.25) is 0 Å². The van der Waals surface area contributed by atoms with Crippen molar-refractivity contribution < 1.29 is 13.5 Å². The average molecular weight is 258 g/mol. The van der Waals surface area contributed by atoms with E-state index in [-0.39, 0.29) is 6.04 Å². The summed E-state index contributed by atoms with van der Waals surface area (Å²) in [5.41, 5.74) is 1.09. The Morgan fingerprint density at radius 2 is 1.88 bits per heavy atom. The van der Waals surface area contributed by atoms with Gasteiger partial charge >= 0.3 is 0 Å². The molecular weight excluding hydrogens is 240 g/mol. The summed E-state index contributed by atoms with van der Waals surface area (Å²) in [6.07, 6.45) is -0.627. The fourth-order valence-electron chi connectivity index (χ4n) is 1.36. The van der Waals surface area contributed by atoms with Crippen molar-refractivity contribution >= 4 is 15.9 Å². The highest BCUT2D eigenvalue weighted by molar-refractivity contribution is 7.90. The van der Waals surface area contributed by atoms with Crippen LogP contribution in [0.4, 0.5) is 5.69 Å². The van der Waals surface area contributed by atoms with E-state index < -0.39 is 16.3 Å². The van der Waals surface area contributed by atoms with Crippen molar-refractivity contribution in [3.8, 4) is 0 Å². The predicted molar refractivity (Wildman–Crippen MR) is 67.9 cm³/mol. The predicted octanol–water partition coefficient (Wildman–Crippen LogP) is 1.39. The molecule has 3 N–H and O–H groups in total. The van der Waals surface area contributed by atoms with Crippen LogP contribution in [-0.4, -0.2) is 19.6 Å². The van der Waals surface area contributed by atoms with E-state index in [0.29, 0.717) is 11.3 Å². The van der Waals surface area contributed by atoms with Crippen molar-refractivity contribution in [2.24, 2.45) is 0 Å². The molecule has 96 valence electrons. The van der Waals surface area contributed by atoms with Gasteiger partial charge in [0.15, 0.2) is 0 Å². The van der Waals surface area contributed by atoms with Crippen molar-refractivity contribution in [1.29, 1.82) is 0 Å². The van der Waals surface area contributed by atoms with Gasteiger partial charge in [0.05, 0.1) is 11.8 Å². The first kappa shape index (κ1) is 14.0. The normalized spacial score (nSPS) is 13.7. The molecule has 0 radical (unpaired) electrons. The fraction of sp³-hybridized carbons (Fsp3) is 0.455. The van der Waals surface area contributed by atoms with Crippen molar-refractivity contribution in [2.45, 2.75) is 32.9 Å². The minimum atomic E-state index is -3.56. The van der Waals surface area contributed by atoms with Crippen LogP contribution in [0.3, 0.4) is 0 Å². The van der Waals surface area contributed by atoms with Crippen LogP contribution in [0.25, 0.3) is 0 Å². The van der Waals surface area contributed by atoms with Gasteiger partial charge in [0, 0.05) is 6.04 Å². The molecule has 5 nitrogen and oxygen atoms in total. The Morgan fingerprint density at radius 1 is 1.24 bits per heavy atom. The SMILES string of the molecule is CC(C)NS(=O)(=O)Nc1cccc(C(C)O)c1. The van der Waals surface area contributed by atoms with E-state index >= 15 is 0 Å². The standard InChI is InChI=1S/C11H18N2O3S/c1-8(2)12-17(15,16)13-11-6-4-5-10(7-11)9(3)14/h4-9,12-14H,1-3H3. The van der Waals surface area contributed by atoms with Gasteiger partial charge in [-0.25, -0.2) is 0 Å². The minimum absolute atomic E-state index is 0.174. The average Bonchev–Trinajstić information content (AvgIpc) is 2.14. The third-order valence-corrected chi connectivity index (χ3v) is 3.30. The molecule has 0 fully saturated rings. The molecule has 0 heterocycles. The van der Waals surface area contributed by atoms with Gasteiger partial charge in [0.1, 0.15) is 0 Å². The van der Waals surface area contributed by atoms with E-state index in [9.17, 15) is 13.5 Å². The van der Waals surface area contributed by atoms with Gasteiger partial charge in [-0.15, -0.1) is 0 Å². The van der Waals surface area contributed by atoms with E-state index in [1.807, 2.05) is 0 Å². The van der Waals surface area contributed by atoms with Crippen LogP contribution in [-0.2, 0) is 10.2 Å². The molecule has 0 aliphatic heterocycles. The molecule has 1 rings (SSSR count). The number of anilines is 1. The molecule has 1 atom stereocenters. The van der Waals surface area contributed by atoms with Crippen LogP contribution in [0.5, 0.6) is 0 Å². The Labute approximate surface area is 102 Å². The van der Waals surface area contributed by atoms with Crippen LogP contribution in [0.15, 0.2) is 24.3 Å². The van der Waals surface area contributed by atoms with Gasteiger partial charge in [0.25, 0.3) is 10.2 Å². The zero-order valence-electron chi connectivity index (χ0n) is 10.1. The molecule has 17 heavy (non-hydrogen) atoms. The second kappa shape index (κ2) is 5.48. The largest absolute Gasteiger partial charge is 0.389 e. The Bertz CT molecular complexity index is 469. The molecule has 0 aliphatic rings. The molecule has 0 saturated carbocycles. The van der Waals surface area contributed by atoms with Gasteiger partial charge in [-0.2, -0.15) is 13.1 Å². The second-order valence-electron chi connectivity index (χ2n) is 4.18. The molecular formula is C11H18N2O3S. The molecule has 0 aromatic heterocycles. The molecule has 1 unspecified atom stereocenters. The number of aliphatic hydroxyl groups is 1. The number of benzene rings is 1. The lowest BCUT2D eigenvalue weighted by molar-refractivity contribution is 0.199. The van der Waals surface area contributed by atoms with Crippen LogP contribution in [0, 0.1) is 0 Å². The first-order valence-electron chi connectivity index (χ1n) is 5.38. The molecule has 0 amide bonds. The second-order valence-corrected chi connectivity index (χ2v) is 5.63. The molecule has 0 aliphatic carbocycles. The summed E-state index contributed by atoms with van der Waals surface area (Å²) in [5.74, 6) is 0. The van der Waals surface area contributed by atoms with Gasteiger partial charge in [-0.05, 0) is 38.5 Å². The summed E-state index contributed by atoms with van der Waals surface area (Å²) >= 11 is 0. The fourth-order valence-corrected chi connectivity index (χ4v) is 2.47. The zero-order chi connectivity index (χ0) is 13.1. The number of aliphatic hydroxyl groups excluding tert-OH is 1. The van der Waals surface area contributed by atoms with Crippen LogP contribution < -0.4 is 9.44 Å². The zero-order valence-corrected chi connectivity index (χ0v) is 11.0. The summed E-state index contributed by atoms with van der Waals surface area (Å²) < 4.78 is 28.0. The van der Waals surface area contributed by atoms with E-state index in [2.05, 4.69) is 9.44 Å². The summed E-state index contributed by atoms with van der Waals surface area (Å²) in [6.45, 7) is 5.11. The molecule has 0 saturated heterocycles. The Hall–Kier alpha value is -1.11. The molecule has 1 aromatic rings. The van der Waals surface area contributed by atoms with E-state index in [4.69, 9.17) is 0 Å². The number of hydrogen-bond acceptors (Lipinski definition) is 3. The third kappa shape index (κ3) is 4.72. The summed E-state index contributed by atoms with van der Waals surface area (Å²) in [5, 5.41) is 9.40. The number of rotatable bonds is 5. The first-order chi connectivity index (χ1) is 7.80. The lowest BCUT2D eigenvalue weighted by atomic mass is 10.1. The molecule has 6 heteroatoms. The monoisotopic (exact) mass is 258 g/mol. The molecule has 1 aromatic carbocycles. The van der Waals surface area contributed by atoms with Crippen molar-refractivity contribution in [1.82, 2.24) is 4.72 Å². The minimum Gasteiger partial charge on any atom is -0.389 e. The lowest BCUT2D eigenvalue weighted by Gasteiger charge is -2.13. The van der Waals surface area contributed by atoms with E-state index in [1.54, 1.807) is 45.0 Å². The maximum Gasteiger partial charge on any atom is 0.299 e. The van der Waals surface area contributed by atoms with Crippen LogP contribution in [0.1, 0.15) is 32.4 Å². The van der Waals surface area contributed by atoms with Gasteiger partial charge < -0.3 is 5.11 Å².